The Morgan fingerprint density at radius 2 is 1.94 bits per heavy atom. The van der Waals surface area contributed by atoms with E-state index in [9.17, 15) is 13.2 Å². The van der Waals surface area contributed by atoms with Crippen LogP contribution in [0.2, 0.25) is 0 Å². The lowest BCUT2D eigenvalue weighted by Gasteiger charge is -2.25. The van der Waals surface area contributed by atoms with Gasteiger partial charge in [-0.25, -0.2) is 8.42 Å². The second-order valence-electron chi connectivity index (χ2n) is 8.18. The van der Waals surface area contributed by atoms with E-state index in [2.05, 4.69) is 11.9 Å². The fraction of sp³-hybridized carbons (Fsp3) is 0.417. The summed E-state index contributed by atoms with van der Waals surface area (Å²) in [5.74, 6) is 1.32. The van der Waals surface area contributed by atoms with E-state index in [4.69, 9.17) is 9.47 Å². The predicted molar refractivity (Wildman–Crippen MR) is 132 cm³/mol. The van der Waals surface area contributed by atoms with Gasteiger partial charge >= 0.3 is 0 Å². The first-order valence-electron chi connectivity index (χ1n) is 11.0. The van der Waals surface area contributed by atoms with Crippen molar-refractivity contribution >= 4 is 38.4 Å². The summed E-state index contributed by atoms with van der Waals surface area (Å²) >= 11 is 1.37. The third kappa shape index (κ3) is 5.70. The third-order valence-electron chi connectivity index (χ3n) is 5.66. The normalized spacial score (nSPS) is 22.4. The zero-order valence-electron chi connectivity index (χ0n) is 18.8. The first-order chi connectivity index (χ1) is 15.9. The molecule has 1 amide bonds. The minimum atomic E-state index is -3.13. The lowest BCUT2D eigenvalue weighted by Crippen LogP contribution is -2.37. The van der Waals surface area contributed by atoms with Gasteiger partial charge in [0.25, 0.3) is 5.91 Å². The molecule has 9 heteroatoms. The number of methoxy groups -OCH3 is 1. The molecule has 0 aliphatic carbocycles. The number of benzene rings is 2. The van der Waals surface area contributed by atoms with Crippen LogP contribution in [0.4, 0.5) is 5.69 Å². The summed E-state index contributed by atoms with van der Waals surface area (Å²) < 4.78 is 35.6. The zero-order valence-corrected chi connectivity index (χ0v) is 20.4. The molecule has 0 bridgehead atoms. The van der Waals surface area contributed by atoms with Gasteiger partial charge in [0.05, 0.1) is 37.7 Å². The Hall–Kier alpha value is -2.52. The Kier molecular flexibility index (Phi) is 7.29. The van der Waals surface area contributed by atoms with E-state index in [1.165, 1.54) is 11.8 Å². The number of carbonyl (C=O) groups excluding carboxylic acids is 1. The number of ether oxygens (including phenoxy) is 2. The van der Waals surface area contributed by atoms with Crippen molar-refractivity contribution in [2.24, 2.45) is 4.99 Å². The smallest absolute Gasteiger partial charge is 0.252 e. The van der Waals surface area contributed by atoms with Gasteiger partial charge in [0.2, 0.25) is 0 Å². The molecule has 2 fully saturated rings. The molecule has 0 unspecified atom stereocenters. The number of hydrogen-bond donors (Lipinski definition) is 0. The quantitative estimate of drug-likeness (QED) is 0.524. The van der Waals surface area contributed by atoms with Crippen LogP contribution < -0.4 is 14.4 Å². The number of fused-ring (bicyclic) bond motifs is 1. The van der Waals surface area contributed by atoms with Crippen molar-refractivity contribution < 1.29 is 22.7 Å². The maximum Gasteiger partial charge on any atom is 0.252 e. The highest BCUT2D eigenvalue weighted by atomic mass is 32.2. The van der Waals surface area contributed by atoms with Gasteiger partial charge in [-0.1, -0.05) is 43.3 Å². The molecule has 4 rings (SSSR count). The molecule has 2 aromatic rings. The Morgan fingerprint density at radius 3 is 2.67 bits per heavy atom. The molecule has 2 aliphatic heterocycles. The van der Waals surface area contributed by atoms with Crippen LogP contribution >= 0.6 is 11.8 Å². The molecule has 7 nitrogen and oxygen atoms in total. The van der Waals surface area contributed by atoms with E-state index >= 15 is 0 Å². The van der Waals surface area contributed by atoms with Crippen molar-refractivity contribution in [2.45, 2.75) is 37.5 Å². The van der Waals surface area contributed by atoms with Crippen molar-refractivity contribution in [1.82, 2.24) is 0 Å². The first kappa shape index (κ1) is 23.6. The zero-order chi connectivity index (χ0) is 23.4. The van der Waals surface area contributed by atoms with E-state index < -0.39 is 9.84 Å². The summed E-state index contributed by atoms with van der Waals surface area (Å²) in [6.45, 7) is 2.73. The SMILES string of the molecule is CCCCOc1cccc(N2C(=NC(=O)Cc3ccc(OC)cc3)S[C@@H]3CS(=O)(=O)C[C@@H]32)c1. The molecule has 176 valence electrons. The van der Waals surface area contributed by atoms with Crippen LogP contribution in [0.1, 0.15) is 25.3 Å². The van der Waals surface area contributed by atoms with Gasteiger partial charge in [-0.05, 0) is 36.2 Å². The average molecular weight is 489 g/mol. The number of hydrogen-bond acceptors (Lipinski definition) is 6. The Balaban J connectivity index is 1.58. The van der Waals surface area contributed by atoms with Gasteiger partial charge in [-0.2, -0.15) is 4.99 Å². The average Bonchev–Trinajstić information content (AvgIpc) is 3.25. The number of thioether (sulfide) groups is 1. The molecule has 2 heterocycles. The van der Waals surface area contributed by atoms with Gasteiger partial charge in [0, 0.05) is 17.0 Å². The number of anilines is 1. The summed E-state index contributed by atoms with van der Waals surface area (Å²) in [6, 6.07) is 14.6. The van der Waals surface area contributed by atoms with Gasteiger partial charge in [-0.3, -0.25) is 4.79 Å². The molecule has 0 N–H and O–H groups in total. The van der Waals surface area contributed by atoms with E-state index in [0.29, 0.717) is 11.8 Å². The van der Waals surface area contributed by atoms with E-state index in [1.807, 2.05) is 53.4 Å². The van der Waals surface area contributed by atoms with Crippen molar-refractivity contribution in [1.29, 1.82) is 0 Å². The molecular formula is C24H28N2O5S2. The van der Waals surface area contributed by atoms with Crippen LogP contribution in [-0.2, 0) is 21.1 Å². The molecule has 2 saturated heterocycles. The topological polar surface area (TPSA) is 85.3 Å². The minimum absolute atomic E-state index is 0.0529. The second-order valence-corrected chi connectivity index (χ2v) is 11.5. The first-order valence-corrected chi connectivity index (χ1v) is 13.7. The maximum absolute atomic E-state index is 12.8. The molecular weight excluding hydrogens is 460 g/mol. The van der Waals surface area contributed by atoms with E-state index in [0.717, 1.165) is 35.6 Å². The Bertz CT molecular complexity index is 1130. The van der Waals surface area contributed by atoms with Crippen LogP contribution in [-0.4, -0.2) is 56.0 Å². The summed E-state index contributed by atoms with van der Waals surface area (Å²) in [7, 11) is -1.53. The van der Waals surface area contributed by atoms with Gasteiger partial charge < -0.3 is 14.4 Å². The standard InChI is InChI=1S/C24H28N2O5S2/c1-3-4-12-31-20-7-5-6-18(14-20)26-21-15-33(28,29)16-22(21)32-24(26)25-23(27)13-17-8-10-19(30-2)11-9-17/h5-11,14,21-22H,3-4,12-13,15-16H2,1-2H3/t21-,22+/m0/s1. The maximum atomic E-state index is 12.8. The molecule has 2 atom stereocenters. The monoisotopic (exact) mass is 488 g/mol. The van der Waals surface area contributed by atoms with Crippen LogP contribution in [0, 0.1) is 0 Å². The molecule has 2 aliphatic rings. The second kappa shape index (κ2) is 10.2. The van der Waals surface area contributed by atoms with Crippen molar-refractivity contribution in [2.75, 3.05) is 30.1 Å². The number of amides is 1. The lowest BCUT2D eigenvalue weighted by molar-refractivity contribution is -0.117. The van der Waals surface area contributed by atoms with E-state index in [-0.39, 0.29) is 35.1 Å². The number of aliphatic imine (C=N–C) groups is 1. The third-order valence-corrected chi connectivity index (χ3v) is 8.87. The fourth-order valence-electron chi connectivity index (χ4n) is 3.99. The summed E-state index contributed by atoms with van der Waals surface area (Å²) in [5, 5.41) is 0.399. The lowest BCUT2D eigenvalue weighted by atomic mass is 10.1. The largest absolute Gasteiger partial charge is 0.497 e. The summed E-state index contributed by atoms with van der Waals surface area (Å²) in [6.07, 6.45) is 2.16. The molecule has 0 radical (unpaired) electrons. The number of unbranched alkanes of at least 4 members (excludes halogenated alkanes) is 1. The van der Waals surface area contributed by atoms with Crippen LogP contribution in [0.5, 0.6) is 11.5 Å². The highest BCUT2D eigenvalue weighted by Gasteiger charge is 2.49. The molecule has 2 aromatic carbocycles. The number of sulfone groups is 1. The van der Waals surface area contributed by atoms with Crippen LogP contribution in [0.3, 0.4) is 0 Å². The van der Waals surface area contributed by atoms with Gasteiger partial charge in [0.15, 0.2) is 15.0 Å². The number of amidine groups is 1. The summed E-state index contributed by atoms with van der Waals surface area (Å²) in [5.41, 5.74) is 1.63. The van der Waals surface area contributed by atoms with Crippen molar-refractivity contribution in [3.8, 4) is 11.5 Å². The Morgan fingerprint density at radius 1 is 1.15 bits per heavy atom. The molecule has 0 aromatic heterocycles. The minimum Gasteiger partial charge on any atom is -0.497 e. The van der Waals surface area contributed by atoms with Crippen molar-refractivity contribution in [3.05, 3.63) is 54.1 Å². The van der Waals surface area contributed by atoms with Gasteiger partial charge in [0.1, 0.15) is 11.5 Å². The van der Waals surface area contributed by atoms with E-state index in [1.54, 1.807) is 7.11 Å². The van der Waals surface area contributed by atoms with Crippen LogP contribution in [0.25, 0.3) is 0 Å². The number of rotatable bonds is 8. The fourth-order valence-corrected chi connectivity index (χ4v) is 7.92. The van der Waals surface area contributed by atoms with Crippen molar-refractivity contribution in [3.63, 3.8) is 0 Å². The number of nitrogens with zero attached hydrogens (tertiary/aromatic N) is 2. The highest BCUT2D eigenvalue weighted by Crippen LogP contribution is 2.41. The van der Waals surface area contributed by atoms with Crippen LogP contribution in [0.15, 0.2) is 53.5 Å². The molecule has 33 heavy (non-hydrogen) atoms. The summed E-state index contributed by atoms with van der Waals surface area (Å²) in [4.78, 5) is 19.1. The van der Waals surface area contributed by atoms with Gasteiger partial charge in [-0.15, -0.1) is 0 Å². The Labute approximate surface area is 199 Å². The number of carbonyl (C=O) groups is 1. The molecule has 0 saturated carbocycles. The molecule has 0 spiro atoms. The highest BCUT2D eigenvalue weighted by molar-refractivity contribution is 8.16. The predicted octanol–water partition coefficient (Wildman–Crippen LogP) is 3.72.